The van der Waals surface area contributed by atoms with Gasteiger partial charge in [0.15, 0.2) is 9.84 Å². The van der Waals surface area contributed by atoms with Crippen LogP contribution in [0.3, 0.4) is 0 Å². The zero-order valence-corrected chi connectivity index (χ0v) is 14.7. The minimum absolute atomic E-state index is 0.0588. The maximum atomic E-state index is 11.8. The molecule has 0 spiro atoms. The highest BCUT2D eigenvalue weighted by Gasteiger charge is 2.15. The summed E-state index contributed by atoms with van der Waals surface area (Å²) in [5.74, 6) is 1.13. The molecule has 0 fully saturated rings. The van der Waals surface area contributed by atoms with E-state index in [1.807, 2.05) is 19.1 Å². The molecular formula is C15H14BrClO3S. The quantitative estimate of drug-likeness (QED) is 0.739. The van der Waals surface area contributed by atoms with Gasteiger partial charge in [-0.2, -0.15) is 0 Å². The summed E-state index contributed by atoms with van der Waals surface area (Å²) in [5, 5.41) is 0.507. The molecule has 0 aliphatic rings. The van der Waals surface area contributed by atoms with E-state index in [2.05, 4.69) is 15.9 Å². The molecule has 0 aliphatic heterocycles. The van der Waals surface area contributed by atoms with Gasteiger partial charge in [0, 0.05) is 0 Å². The van der Waals surface area contributed by atoms with E-state index in [1.54, 1.807) is 25.1 Å². The fourth-order valence-electron chi connectivity index (χ4n) is 1.78. The SMILES string of the molecule is CCS(=O)(=O)c1ccc(Oc2c(C)cccc2Cl)c(Br)c1. The standard InChI is InChI=1S/C15H14BrClO3S/c1-3-21(18,19)11-7-8-14(12(16)9-11)20-15-10(2)5-4-6-13(15)17/h4-9H,3H2,1-2H3. The monoisotopic (exact) mass is 388 g/mol. The molecule has 2 rings (SSSR count). The van der Waals surface area contributed by atoms with E-state index < -0.39 is 9.84 Å². The Morgan fingerprint density at radius 2 is 1.95 bits per heavy atom. The van der Waals surface area contributed by atoms with Crippen LogP contribution >= 0.6 is 27.5 Å². The van der Waals surface area contributed by atoms with Crippen molar-refractivity contribution in [1.82, 2.24) is 0 Å². The van der Waals surface area contributed by atoms with E-state index in [4.69, 9.17) is 16.3 Å². The first kappa shape index (κ1) is 16.3. The molecule has 2 aromatic rings. The zero-order valence-electron chi connectivity index (χ0n) is 11.6. The first-order valence-corrected chi connectivity index (χ1v) is 9.12. The second-order valence-corrected chi connectivity index (χ2v) is 8.02. The largest absolute Gasteiger partial charge is 0.454 e. The number of benzene rings is 2. The van der Waals surface area contributed by atoms with Crippen LogP contribution < -0.4 is 4.74 Å². The third-order valence-corrected chi connectivity index (χ3v) is 5.67. The summed E-state index contributed by atoms with van der Waals surface area (Å²) in [6.07, 6.45) is 0. The van der Waals surface area contributed by atoms with E-state index in [0.717, 1.165) is 5.56 Å². The minimum atomic E-state index is -3.24. The summed E-state index contributed by atoms with van der Waals surface area (Å²) in [5.41, 5.74) is 0.902. The van der Waals surface area contributed by atoms with Gasteiger partial charge in [0.1, 0.15) is 11.5 Å². The smallest absolute Gasteiger partial charge is 0.178 e. The lowest BCUT2D eigenvalue weighted by molar-refractivity contribution is 0.475. The molecule has 112 valence electrons. The lowest BCUT2D eigenvalue weighted by Crippen LogP contribution is -2.03. The van der Waals surface area contributed by atoms with Gasteiger partial charge in [-0.3, -0.25) is 0 Å². The average Bonchev–Trinajstić information content (AvgIpc) is 2.44. The zero-order chi connectivity index (χ0) is 15.6. The van der Waals surface area contributed by atoms with Gasteiger partial charge in [-0.05, 0) is 52.7 Å². The Hall–Kier alpha value is -1.04. The topological polar surface area (TPSA) is 43.4 Å². The van der Waals surface area contributed by atoms with E-state index in [0.29, 0.717) is 21.0 Å². The van der Waals surface area contributed by atoms with Crippen molar-refractivity contribution in [1.29, 1.82) is 0 Å². The van der Waals surface area contributed by atoms with E-state index in [9.17, 15) is 8.42 Å². The summed E-state index contributed by atoms with van der Waals surface area (Å²) in [7, 11) is -3.24. The second-order valence-electron chi connectivity index (χ2n) is 4.48. The molecule has 21 heavy (non-hydrogen) atoms. The number of rotatable bonds is 4. The molecule has 0 amide bonds. The molecule has 0 aliphatic carbocycles. The molecule has 0 radical (unpaired) electrons. The summed E-state index contributed by atoms with van der Waals surface area (Å²) in [4.78, 5) is 0.264. The van der Waals surface area contributed by atoms with Crippen LogP contribution in [0.2, 0.25) is 5.02 Å². The van der Waals surface area contributed by atoms with Gasteiger partial charge in [-0.1, -0.05) is 30.7 Å². The lowest BCUT2D eigenvalue weighted by Gasteiger charge is -2.12. The number of ether oxygens (including phenoxy) is 1. The first-order chi connectivity index (χ1) is 9.85. The van der Waals surface area contributed by atoms with Crippen molar-refractivity contribution in [3.8, 4) is 11.5 Å². The van der Waals surface area contributed by atoms with Crippen LogP contribution in [0.15, 0.2) is 45.8 Å². The highest BCUT2D eigenvalue weighted by Crippen LogP contribution is 2.36. The lowest BCUT2D eigenvalue weighted by atomic mass is 10.2. The van der Waals surface area contributed by atoms with Crippen LogP contribution in [-0.2, 0) is 9.84 Å². The van der Waals surface area contributed by atoms with E-state index in [-0.39, 0.29) is 10.6 Å². The number of para-hydroxylation sites is 1. The molecule has 0 saturated carbocycles. The average molecular weight is 390 g/mol. The Morgan fingerprint density at radius 3 is 2.52 bits per heavy atom. The maximum absolute atomic E-state index is 11.8. The highest BCUT2D eigenvalue weighted by atomic mass is 79.9. The number of sulfone groups is 1. The molecule has 0 heterocycles. The molecule has 2 aromatic carbocycles. The van der Waals surface area contributed by atoms with E-state index in [1.165, 1.54) is 6.07 Å². The molecule has 0 saturated heterocycles. The Labute approximate surface area is 137 Å². The summed E-state index contributed by atoms with van der Waals surface area (Å²) >= 11 is 9.46. The molecule has 0 bridgehead atoms. The fraction of sp³-hybridized carbons (Fsp3) is 0.200. The van der Waals surface area contributed by atoms with Crippen LogP contribution in [0.1, 0.15) is 12.5 Å². The normalized spacial score (nSPS) is 11.4. The number of hydrogen-bond donors (Lipinski definition) is 0. The Bertz CT molecular complexity index is 752. The maximum Gasteiger partial charge on any atom is 0.178 e. The van der Waals surface area contributed by atoms with Crippen LogP contribution in [0, 0.1) is 6.92 Å². The third-order valence-electron chi connectivity index (χ3n) is 3.02. The van der Waals surface area contributed by atoms with Gasteiger partial charge in [0.25, 0.3) is 0 Å². The summed E-state index contributed by atoms with van der Waals surface area (Å²) in [6, 6.07) is 10.2. The van der Waals surface area contributed by atoms with Crippen LogP contribution in [-0.4, -0.2) is 14.2 Å². The molecule has 6 heteroatoms. The number of aryl methyl sites for hydroxylation is 1. The summed E-state index contributed by atoms with van der Waals surface area (Å²) < 4.78 is 30.1. The van der Waals surface area contributed by atoms with Crippen LogP contribution in [0.5, 0.6) is 11.5 Å². The fourth-order valence-corrected chi connectivity index (χ4v) is 3.56. The van der Waals surface area contributed by atoms with Gasteiger partial charge in [-0.15, -0.1) is 0 Å². The highest BCUT2D eigenvalue weighted by molar-refractivity contribution is 9.10. The molecule has 0 atom stereocenters. The van der Waals surface area contributed by atoms with E-state index >= 15 is 0 Å². The number of hydrogen-bond acceptors (Lipinski definition) is 3. The predicted octanol–water partition coefficient (Wildman–Crippen LogP) is 5.00. The molecular weight excluding hydrogens is 376 g/mol. The van der Waals surface area contributed by atoms with Crippen LogP contribution in [0.25, 0.3) is 0 Å². The molecule has 0 unspecified atom stereocenters. The van der Waals surface area contributed by atoms with Crippen molar-refractivity contribution in [2.24, 2.45) is 0 Å². The molecule has 3 nitrogen and oxygen atoms in total. The molecule has 0 N–H and O–H groups in total. The Kier molecular flexibility index (Phi) is 4.96. The van der Waals surface area contributed by atoms with Crippen molar-refractivity contribution >= 4 is 37.4 Å². The second kappa shape index (κ2) is 6.38. The van der Waals surface area contributed by atoms with Gasteiger partial charge >= 0.3 is 0 Å². The minimum Gasteiger partial charge on any atom is -0.454 e. The predicted molar refractivity (Wildman–Crippen MR) is 88.1 cm³/mol. The van der Waals surface area contributed by atoms with Crippen molar-refractivity contribution in [2.45, 2.75) is 18.7 Å². The first-order valence-electron chi connectivity index (χ1n) is 6.30. The molecule has 0 aromatic heterocycles. The Morgan fingerprint density at radius 1 is 1.24 bits per heavy atom. The van der Waals surface area contributed by atoms with Crippen LogP contribution in [0.4, 0.5) is 0 Å². The number of halogens is 2. The van der Waals surface area contributed by atoms with Gasteiger partial charge in [0.2, 0.25) is 0 Å². The van der Waals surface area contributed by atoms with Gasteiger partial charge < -0.3 is 4.74 Å². The van der Waals surface area contributed by atoms with Crippen molar-refractivity contribution < 1.29 is 13.2 Å². The summed E-state index contributed by atoms with van der Waals surface area (Å²) in [6.45, 7) is 3.51. The van der Waals surface area contributed by atoms with Crippen molar-refractivity contribution in [3.63, 3.8) is 0 Å². The van der Waals surface area contributed by atoms with Crippen molar-refractivity contribution in [2.75, 3.05) is 5.75 Å². The third kappa shape index (κ3) is 3.59. The van der Waals surface area contributed by atoms with Gasteiger partial charge in [-0.25, -0.2) is 8.42 Å². The van der Waals surface area contributed by atoms with Crippen molar-refractivity contribution in [3.05, 3.63) is 51.5 Å². The Balaban J connectivity index is 2.39. The van der Waals surface area contributed by atoms with Gasteiger partial charge in [0.05, 0.1) is 20.1 Å².